The summed E-state index contributed by atoms with van der Waals surface area (Å²) in [6.07, 6.45) is -4.61. The summed E-state index contributed by atoms with van der Waals surface area (Å²) in [5.41, 5.74) is -0.510. The average molecular weight is 526 g/mol. The number of halogens is 3. The maximum absolute atomic E-state index is 13.6. The molecule has 1 heterocycles. The lowest BCUT2D eigenvalue weighted by Crippen LogP contribution is -2.48. The Kier molecular flexibility index (Phi) is 8.32. The lowest BCUT2D eigenvalue weighted by molar-refractivity contribution is -0.150. The highest BCUT2D eigenvalue weighted by atomic mass is 32.2. The topological polar surface area (TPSA) is 91.8 Å². The van der Waals surface area contributed by atoms with Crippen molar-refractivity contribution < 1.29 is 37.5 Å². The van der Waals surface area contributed by atoms with Crippen LogP contribution in [0.3, 0.4) is 0 Å². The predicted molar refractivity (Wildman–Crippen MR) is 127 cm³/mol. The lowest BCUT2D eigenvalue weighted by Gasteiger charge is -2.32. The van der Waals surface area contributed by atoms with E-state index in [1.54, 1.807) is 30.3 Å². The van der Waals surface area contributed by atoms with Gasteiger partial charge in [0, 0.05) is 18.2 Å². The molecule has 6 nitrogen and oxygen atoms in total. The molecule has 0 saturated carbocycles. The number of alkyl halides is 3. The summed E-state index contributed by atoms with van der Waals surface area (Å²) in [6.45, 7) is 2.68. The van der Waals surface area contributed by atoms with E-state index >= 15 is 0 Å². The summed E-state index contributed by atoms with van der Waals surface area (Å²) < 4.78 is 39.8. The van der Waals surface area contributed by atoms with Gasteiger partial charge in [-0.05, 0) is 17.7 Å². The van der Waals surface area contributed by atoms with Crippen molar-refractivity contribution in [1.82, 2.24) is 4.90 Å². The third-order valence-electron chi connectivity index (χ3n) is 5.49. The largest absolute Gasteiger partial charge is 0.480 e. The zero-order valence-electron chi connectivity index (χ0n) is 18.7. The van der Waals surface area contributed by atoms with Crippen molar-refractivity contribution in [2.75, 3.05) is 5.75 Å². The highest BCUT2D eigenvalue weighted by Gasteiger charge is 2.46. The molecule has 0 aliphatic carbocycles. The number of nitrogens with zero attached hydrogens (tertiary/aromatic N) is 1. The summed E-state index contributed by atoms with van der Waals surface area (Å²) in [5.74, 6) is -3.66. The van der Waals surface area contributed by atoms with Gasteiger partial charge in [-0.3, -0.25) is 14.4 Å². The van der Waals surface area contributed by atoms with Crippen LogP contribution in [0.4, 0.5) is 13.2 Å². The molecule has 1 fully saturated rings. The number of hydrogen-bond acceptors (Lipinski definition) is 6. The second-order valence-electron chi connectivity index (χ2n) is 7.96. The van der Waals surface area contributed by atoms with E-state index in [0.717, 1.165) is 28.8 Å². The van der Waals surface area contributed by atoms with E-state index < -0.39 is 57.1 Å². The fraction of sp³-hybridized carbons (Fsp3) is 0.333. The molecule has 1 aliphatic rings. The second kappa shape index (κ2) is 10.9. The minimum atomic E-state index is -4.61. The molecule has 3 unspecified atom stereocenters. The first-order chi connectivity index (χ1) is 16.4. The fourth-order valence-electron chi connectivity index (χ4n) is 3.78. The van der Waals surface area contributed by atoms with Crippen LogP contribution in [0.2, 0.25) is 0 Å². The molecular formula is C24H22F3NO5S2. The van der Waals surface area contributed by atoms with E-state index in [0.29, 0.717) is 11.8 Å². The first kappa shape index (κ1) is 26.8. The molecule has 4 atom stereocenters. The van der Waals surface area contributed by atoms with Gasteiger partial charge in [0.2, 0.25) is 5.91 Å². The number of carbonyl (C=O) groups is 4. The van der Waals surface area contributed by atoms with Gasteiger partial charge in [-0.1, -0.05) is 61.2 Å². The molecular weight excluding hydrogens is 503 g/mol. The smallest absolute Gasteiger partial charge is 0.416 e. The number of thioether (sulfide) groups is 2. The number of ketones is 1. The van der Waals surface area contributed by atoms with Crippen molar-refractivity contribution in [2.45, 2.75) is 36.7 Å². The van der Waals surface area contributed by atoms with Gasteiger partial charge >= 0.3 is 12.1 Å². The number of carboxylic acid groups (broad SMARTS) is 1. The average Bonchev–Trinajstić information content (AvgIpc) is 3.27. The number of aliphatic carboxylic acids is 1. The van der Waals surface area contributed by atoms with Crippen molar-refractivity contribution in [3.63, 3.8) is 0 Å². The molecule has 35 heavy (non-hydrogen) atoms. The van der Waals surface area contributed by atoms with Gasteiger partial charge in [0.05, 0.1) is 16.7 Å². The number of Topliss-reactive ketones (excluding diaryl/α,β-unsaturated/α-hetero) is 1. The highest BCUT2D eigenvalue weighted by Crippen LogP contribution is 2.44. The third-order valence-corrected chi connectivity index (χ3v) is 8.02. The lowest BCUT2D eigenvalue weighted by atomic mass is 9.96. The quantitative estimate of drug-likeness (QED) is 0.514. The molecule has 186 valence electrons. The Balaban J connectivity index is 1.99. The first-order valence-corrected chi connectivity index (χ1v) is 12.4. The Hall–Kier alpha value is -2.79. The fourth-order valence-corrected chi connectivity index (χ4v) is 6.12. The van der Waals surface area contributed by atoms with Crippen LogP contribution in [0.25, 0.3) is 0 Å². The molecule has 0 spiro atoms. The van der Waals surface area contributed by atoms with Crippen molar-refractivity contribution >= 4 is 46.3 Å². The third kappa shape index (κ3) is 6.07. The summed E-state index contributed by atoms with van der Waals surface area (Å²) >= 11 is 1.70. The van der Waals surface area contributed by atoms with Gasteiger partial charge in [0.15, 0.2) is 10.9 Å². The van der Waals surface area contributed by atoms with Crippen LogP contribution in [0, 0.1) is 5.92 Å². The van der Waals surface area contributed by atoms with Crippen molar-refractivity contribution in [3.05, 3.63) is 71.3 Å². The standard InChI is InChI=1S/C24H22F3NO5S2/c1-13(20(35-14(2)29)19(30)15-7-4-3-5-8-15)21(31)28-18(23(32)33)12-34-22(28)16-9-6-10-17(11-16)24(25,26)27/h3-11,13,18,20,22H,12H2,1-2H3,(H,32,33)/t13?,18-,20?,22?/m0/s1. The first-order valence-electron chi connectivity index (χ1n) is 10.5. The Morgan fingerprint density at radius 1 is 1.09 bits per heavy atom. The zero-order chi connectivity index (χ0) is 25.9. The Labute approximate surface area is 208 Å². The molecule has 1 saturated heterocycles. The highest BCUT2D eigenvalue weighted by molar-refractivity contribution is 8.14. The number of hydrogen-bond donors (Lipinski definition) is 1. The van der Waals surface area contributed by atoms with Crippen LogP contribution < -0.4 is 0 Å². The van der Waals surface area contributed by atoms with E-state index in [-0.39, 0.29) is 16.9 Å². The maximum atomic E-state index is 13.6. The molecule has 0 aromatic heterocycles. The normalized spacial score (nSPS) is 19.7. The number of carboxylic acids is 1. The predicted octanol–water partition coefficient (Wildman–Crippen LogP) is 4.90. The van der Waals surface area contributed by atoms with E-state index in [1.807, 2.05) is 0 Å². The molecule has 1 amide bonds. The number of amides is 1. The molecule has 1 aliphatic heterocycles. The molecule has 0 radical (unpaired) electrons. The van der Waals surface area contributed by atoms with Gasteiger partial charge in [0.1, 0.15) is 11.4 Å². The SMILES string of the molecule is CC(=O)SC(C(=O)c1ccccc1)C(C)C(=O)N1C(c2cccc(C(F)(F)F)c2)SC[C@H]1C(=O)O. The minimum absolute atomic E-state index is 0.0359. The van der Waals surface area contributed by atoms with E-state index in [9.17, 15) is 37.5 Å². The van der Waals surface area contributed by atoms with E-state index in [2.05, 4.69) is 0 Å². The molecule has 11 heteroatoms. The molecule has 1 N–H and O–H groups in total. The van der Waals surface area contributed by atoms with Gasteiger partial charge in [-0.25, -0.2) is 4.79 Å². The van der Waals surface area contributed by atoms with Gasteiger partial charge in [0.25, 0.3) is 0 Å². The molecule has 3 rings (SSSR count). The summed E-state index contributed by atoms with van der Waals surface area (Å²) in [4.78, 5) is 51.7. The van der Waals surface area contributed by atoms with Crippen LogP contribution in [-0.2, 0) is 20.6 Å². The van der Waals surface area contributed by atoms with Crippen LogP contribution in [0.1, 0.15) is 40.7 Å². The van der Waals surface area contributed by atoms with Gasteiger partial charge in [-0.15, -0.1) is 11.8 Å². The van der Waals surface area contributed by atoms with E-state index in [4.69, 9.17) is 0 Å². The molecule has 2 aromatic rings. The monoisotopic (exact) mass is 525 g/mol. The summed E-state index contributed by atoms with van der Waals surface area (Å²) in [7, 11) is 0. The Morgan fingerprint density at radius 3 is 2.31 bits per heavy atom. The van der Waals surface area contributed by atoms with Crippen LogP contribution in [-0.4, -0.2) is 49.8 Å². The maximum Gasteiger partial charge on any atom is 0.416 e. The number of carbonyl (C=O) groups excluding carboxylic acids is 3. The minimum Gasteiger partial charge on any atom is -0.480 e. The van der Waals surface area contributed by atoms with E-state index in [1.165, 1.54) is 26.0 Å². The number of rotatable bonds is 7. The second-order valence-corrected chi connectivity index (χ2v) is 10.4. The van der Waals surface area contributed by atoms with Crippen LogP contribution in [0.15, 0.2) is 54.6 Å². The van der Waals surface area contributed by atoms with Gasteiger partial charge in [-0.2, -0.15) is 13.2 Å². The van der Waals surface area contributed by atoms with Gasteiger partial charge < -0.3 is 10.0 Å². The Bertz CT molecular complexity index is 1130. The molecule has 0 bridgehead atoms. The van der Waals surface area contributed by atoms with Crippen molar-refractivity contribution in [1.29, 1.82) is 0 Å². The molecule has 2 aromatic carbocycles. The zero-order valence-corrected chi connectivity index (χ0v) is 20.3. The summed E-state index contributed by atoms with van der Waals surface area (Å²) in [6, 6.07) is 11.2. The van der Waals surface area contributed by atoms with Crippen molar-refractivity contribution in [3.8, 4) is 0 Å². The number of benzene rings is 2. The van der Waals surface area contributed by atoms with Crippen molar-refractivity contribution in [2.24, 2.45) is 5.92 Å². The summed E-state index contributed by atoms with van der Waals surface area (Å²) in [5, 5.41) is 7.19. The van der Waals surface area contributed by atoms with Crippen LogP contribution >= 0.6 is 23.5 Å². The Morgan fingerprint density at radius 2 is 1.74 bits per heavy atom. The van der Waals surface area contributed by atoms with Crippen LogP contribution in [0.5, 0.6) is 0 Å².